The molecule has 1 heterocycles. The Labute approximate surface area is 127 Å². The molecule has 0 aliphatic carbocycles. The molecule has 0 aliphatic heterocycles. The Hall–Kier alpha value is -3.02. The van der Waals surface area contributed by atoms with Gasteiger partial charge < -0.3 is 15.4 Å². The lowest BCUT2D eigenvalue weighted by Crippen LogP contribution is -2.28. The van der Waals surface area contributed by atoms with Gasteiger partial charge in [-0.2, -0.15) is 5.10 Å². The number of amides is 2. The third-order valence-electron chi connectivity index (χ3n) is 3.33. The third kappa shape index (κ3) is 3.01. The largest absolute Gasteiger partial charge is 0.496 e. The molecule has 0 spiro atoms. The van der Waals surface area contributed by atoms with Crippen LogP contribution in [0.1, 0.15) is 5.56 Å². The van der Waals surface area contributed by atoms with Crippen molar-refractivity contribution in [3.8, 4) is 5.75 Å². The van der Waals surface area contributed by atoms with Gasteiger partial charge in [0.15, 0.2) is 0 Å². The summed E-state index contributed by atoms with van der Waals surface area (Å²) in [6, 6.07) is 12.9. The van der Waals surface area contributed by atoms with Crippen LogP contribution in [0.5, 0.6) is 5.75 Å². The van der Waals surface area contributed by atoms with Crippen molar-refractivity contribution in [2.45, 2.75) is 6.54 Å². The summed E-state index contributed by atoms with van der Waals surface area (Å²) in [5.74, 6) is 0.752. The highest BCUT2D eigenvalue weighted by atomic mass is 16.5. The van der Waals surface area contributed by atoms with Crippen LogP contribution >= 0.6 is 0 Å². The van der Waals surface area contributed by atoms with Gasteiger partial charge in [0, 0.05) is 23.2 Å². The van der Waals surface area contributed by atoms with Crippen molar-refractivity contribution in [3.05, 3.63) is 54.2 Å². The lowest BCUT2D eigenvalue weighted by molar-refractivity contribution is 0.251. The number of aromatic amines is 1. The van der Waals surface area contributed by atoms with Crippen LogP contribution in [0.3, 0.4) is 0 Å². The maximum atomic E-state index is 12.0. The fourth-order valence-corrected chi connectivity index (χ4v) is 2.21. The van der Waals surface area contributed by atoms with Crippen molar-refractivity contribution < 1.29 is 9.53 Å². The highest BCUT2D eigenvalue weighted by Crippen LogP contribution is 2.18. The molecule has 2 aromatic carbocycles. The van der Waals surface area contributed by atoms with Gasteiger partial charge in [-0.05, 0) is 24.3 Å². The lowest BCUT2D eigenvalue weighted by atomic mass is 10.2. The minimum Gasteiger partial charge on any atom is -0.496 e. The van der Waals surface area contributed by atoms with E-state index in [1.807, 2.05) is 42.5 Å². The number of fused-ring (bicyclic) bond motifs is 1. The van der Waals surface area contributed by atoms with Gasteiger partial charge in [0.05, 0.1) is 18.8 Å². The van der Waals surface area contributed by atoms with E-state index in [4.69, 9.17) is 4.74 Å². The zero-order chi connectivity index (χ0) is 15.4. The van der Waals surface area contributed by atoms with Crippen LogP contribution in [0.2, 0.25) is 0 Å². The second kappa shape index (κ2) is 6.17. The molecule has 3 aromatic rings. The monoisotopic (exact) mass is 296 g/mol. The van der Waals surface area contributed by atoms with Crippen LogP contribution in [-0.4, -0.2) is 23.3 Å². The van der Waals surface area contributed by atoms with E-state index in [0.29, 0.717) is 12.2 Å². The van der Waals surface area contributed by atoms with Crippen LogP contribution < -0.4 is 15.4 Å². The van der Waals surface area contributed by atoms with Crippen LogP contribution in [0, 0.1) is 0 Å². The standard InChI is InChI=1S/C16H16N4O2/c1-22-15-5-3-2-4-12(15)9-17-16(21)19-13-7-6-11-10-18-20-14(11)8-13/h2-8,10H,9H2,1H3,(H,18,20)(H2,17,19,21). The Morgan fingerprint density at radius 2 is 2.14 bits per heavy atom. The zero-order valence-electron chi connectivity index (χ0n) is 12.1. The summed E-state index contributed by atoms with van der Waals surface area (Å²) >= 11 is 0. The fraction of sp³-hybridized carbons (Fsp3) is 0.125. The van der Waals surface area contributed by atoms with Crippen molar-refractivity contribution in [2.24, 2.45) is 0 Å². The molecule has 3 N–H and O–H groups in total. The van der Waals surface area contributed by atoms with Gasteiger partial charge >= 0.3 is 6.03 Å². The number of benzene rings is 2. The fourth-order valence-electron chi connectivity index (χ4n) is 2.21. The van der Waals surface area contributed by atoms with E-state index in [1.165, 1.54) is 0 Å². The van der Waals surface area contributed by atoms with Gasteiger partial charge in [0.2, 0.25) is 0 Å². The minimum atomic E-state index is -0.273. The molecule has 112 valence electrons. The van der Waals surface area contributed by atoms with Crippen molar-refractivity contribution in [3.63, 3.8) is 0 Å². The summed E-state index contributed by atoms with van der Waals surface area (Å²) in [6.45, 7) is 0.391. The van der Waals surface area contributed by atoms with Gasteiger partial charge in [-0.15, -0.1) is 0 Å². The number of carbonyl (C=O) groups is 1. The van der Waals surface area contributed by atoms with E-state index >= 15 is 0 Å². The van der Waals surface area contributed by atoms with Crippen LogP contribution in [0.25, 0.3) is 10.9 Å². The molecule has 0 unspecified atom stereocenters. The molecular weight excluding hydrogens is 280 g/mol. The van der Waals surface area contributed by atoms with E-state index in [2.05, 4.69) is 20.8 Å². The maximum Gasteiger partial charge on any atom is 0.319 e. The first kappa shape index (κ1) is 13.9. The number of H-pyrrole nitrogens is 1. The Morgan fingerprint density at radius 3 is 3.00 bits per heavy atom. The Bertz CT molecular complexity index is 797. The molecule has 3 rings (SSSR count). The predicted molar refractivity (Wildman–Crippen MR) is 84.9 cm³/mol. The average Bonchev–Trinajstić information content (AvgIpc) is 3.01. The van der Waals surface area contributed by atoms with E-state index in [1.54, 1.807) is 13.3 Å². The number of ether oxygens (including phenoxy) is 1. The highest BCUT2D eigenvalue weighted by Gasteiger charge is 2.06. The molecule has 0 aliphatic rings. The number of aromatic nitrogens is 2. The summed E-state index contributed by atoms with van der Waals surface area (Å²) in [5.41, 5.74) is 2.50. The molecule has 6 heteroatoms. The number of hydrogen-bond donors (Lipinski definition) is 3. The molecule has 6 nitrogen and oxygen atoms in total. The molecule has 0 radical (unpaired) electrons. The molecule has 1 aromatic heterocycles. The smallest absolute Gasteiger partial charge is 0.319 e. The van der Waals surface area contributed by atoms with Crippen LogP contribution in [0.4, 0.5) is 10.5 Å². The van der Waals surface area contributed by atoms with Crippen molar-refractivity contribution in [1.29, 1.82) is 0 Å². The normalized spacial score (nSPS) is 10.4. The molecule has 0 atom stereocenters. The highest BCUT2D eigenvalue weighted by molar-refractivity contribution is 5.92. The van der Waals surface area contributed by atoms with Gasteiger partial charge in [0.25, 0.3) is 0 Å². The summed E-state index contributed by atoms with van der Waals surface area (Å²) < 4.78 is 5.25. The SMILES string of the molecule is COc1ccccc1CNC(=O)Nc1ccc2cn[nH]c2c1. The number of urea groups is 1. The Balaban J connectivity index is 1.62. The Morgan fingerprint density at radius 1 is 1.27 bits per heavy atom. The minimum absolute atomic E-state index is 0.273. The number of anilines is 1. The lowest BCUT2D eigenvalue weighted by Gasteiger charge is -2.10. The summed E-state index contributed by atoms with van der Waals surface area (Å²) in [5, 5.41) is 13.4. The molecule has 22 heavy (non-hydrogen) atoms. The molecule has 0 saturated heterocycles. The first-order chi connectivity index (χ1) is 10.8. The van der Waals surface area contributed by atoms with Gasteiger partial charge in [-0.25, -0.2) is 4.79 Å². The van der Waals surface area contributed by atoms with Crippen molar-refractivity contribution in [1.82, 2.24) is 15.5 Å². The third-order valence-corrected chi connectivity index (χ3v) is 3.33. The second-order valence-electron chi connectivity index (χ2n) is 4.79. The van der Waals surface area contributed by atoms with Gasteiger partial charge in [-0.1, -0.05) is 18.2 Å². The van der Waals surface area contributed by atoms with Crippen LogP contribution in [0.15, 0.2) is 48.7 Å². The van der Waals surface area contributed by atoms with E-state index in [9.17, 15) is 4.79 Å². The summed E-state index contributed by atoms with van der Waals surface area (Å²) in [4.78, 5) is 12.0. The number of nitrogens with one attached hydrogen (secondary N) is 3. The van der Waals surface area contributed by atoms with Crippen molar-refractivity contribution in [2.75, 3.05) is 12.4 Å². The quantitative estimate of drug-likeness (QED) is 0.692. The number of nitrogens with zero attached hydrogens (tertiary/aromatic N) is 1. The maximum absolute atomic E-state index is 12.0. The molecule has 2 amide bonds. The van der Waals surface area contributed by atoms with Crippen molar-refractivity contribution >= 4 is 22.6 Å². The molecule has 0 fully saturated rings. The zero-order valence-corrected chi connectivity index (χ0v) is 12.1. The van der Waals surface area contributed by atoms with Crippen LogP contribution in [-0.2, 0) is 6.54 Å². The topological polar surface area (TPSA) is 79.0 Å². The molecule has 0 bridgehead atoms. The van der Waals surface area contributed by atoms with E-state index in [-0.39, 0.29) is 6.03 Å². The van der Waals surface area contributed by atoms with E-state index < -0.39 is 0 Å². The first-order valence-corrected chi connectivity index (χ1v) is 6.86. The Kier molecular flexibility index (Phi) is 3.91. The number of methoxy groups -OCH3 is 1. The van der Waals surface area contributed by atoms with Gasteiger partial charge in [0.1, 0.15) is 5.75 Å². The number of carbonyl (C=O) groups excluding carboxylic acids is 1. The summed E-state index contributed by atoms with van der Waals surface area (Å²) in [7, 11) is 1.61. The van der Waals surface area contributed by atoms with E-state index in [0.717, 1.165) is 22.2 Å². The summed E-state index contributed by atoms with van der Waals surface area (Å²) in [6.07, 6.45) is 1.74. The second-order valence-corrected chi connectivity index (χ2v) is 4.79. The molecule has 0 saturated carbocycles. The van der Waals surface area contributed by atoms with Gasteiger partial charge in [-0.3, -0.25) is 5.10 Å². The molecular formula is C16H16N4O2. The number of para-hydroxylation sites is 1. The first-order valence-electron chi connectivity index (χ1n) is 6.86. The number of hydrogen-bond acceptors (Lipinski definition) is 3. The average molecular weight is 296 g/mol. The number of rotatable bonds is 4. The predicted octanol–water partition coefficient (Wildman–Crippen LogP) is 2.89.